The molecule has 222 valence electrons. The summed E-state index contributed by atoms with van der Waals surface area (Å²) in [6.07, 6.45) is 8.68. The molecule has 0 bridgehead atoms. The summed E-state index contributed by atoms with van der Waals surface area (Å²) < 4.78 is 1.49. The van der Waals surface area contributed by atoms with E-state index in [4.69, 9.17) is 0 Å². The number of fused-ring (bicyclic) bond motifs is 2. The Morgan fingerprint density at radius 3 is 2.73 bits per heavy atom. The van der Waals surface area contributed by atoms with Crippen molar-refractivity contribution in [3.63, 3.8) is 0 Å². The van der Waals surface area contributed by atoms with Crippen molar-refractivity contribution < 1.29 is 9.59 Å². The van der Waals surface area contributed by atoms with Crippen LogP contribution in [0.1, 0.15) is 38.2 Å². The Kier molecular flexibility index (Phi) is 8.07. The van der Waals surface area contributed by atoms with Crippen molar-refractivity contribution in [3.8, 4) is 0 Å². The predicted octanol–water partition coefficient (Wildman–Crippen LogP) is 3.63. The summed E-state index contributed by atoms with van der Waals surface area (Å²) in [5.41, 5.74) is 6.93. The van der Waals surface area contributed by atoms with Gasteiger partial charge in [0.1, 0.15) is 11.4 Å². The van der Waals surface area contributed by atoms with Crippen molar-refractivity contribution in [1.29, 1.82) is 0 Å². The second-order valence-electron chi connectivity index (χ2n) is 11.0. The summed E-state index contributed by atoms with van der Waals surface area (Å²) >= 11 is 0. The molecule has 2 amide bonds. The normalized spacial score (nSPS) is 15.4. The zero-order valence-electron chi connectivity index (χ0n) is 24.6. The summed E-state index contributed by atoms with van der Waals surface area (Å²) in [5, 5.41) is 12.5. The van der Waals surface area contributed by atoms with Crippen molar-refractivity contribution in [3.05, 3.63) is 135 Å². The van der Waals surface area contributed by atoms with Gasteiger partial charge in [0.05, 0.1) is 12.1 Å². The molecule has 0 aliphatic carbocycles. The molecule has 10 heteroatoms. The number of carbonyl (C=O) groups is 2. The lowest BCUT2D eigenvalue weighted by molar-refractivity contribution is -0.110. The fraction of sp³-hybridized carbons (Fsp3) is 0.176. The van der Waals surface area contributed by atoms with E-state index in [1.807, 2.05) is 44.4 Å². The van der Waals surface area contributed by atoms with E-state index in [9.17, 15) is 14.4 Å². The number of hydrogen-bond donors (Lipinski definition) is 4. The molecule has 4 heterocycles. The van der Waals surface area contributed by atoms with E-state index >= 15 is 0 Å². The van der Waals surface area contributed by atoms with Crippen molar-refractivity contribution in [2.45, 2.75) is 19.6 Å². The summed E-state index contributed by atoms with van der Waals surface area (Å²) in [6, 6.07) is 19.0. The van der Waals surface area contributed by atoms with Crippen LogP contribution in [-0.4, -0.2) is 46.9 Å². The van der Waals surface area contributed by atoms with Gasteiger partial charge >= 0.3 is 0 Å². The lowest BCUT2D eigenvalue weighted by Gasteiger charge is -2.25. The lowest BCUT2D eigenvalue weighted by atomic mass is 10.0. The molecule has 6 rings (SSSR count). The highest BCUT2D eigenvalue weighted by Crippen LogP contribution is 2.36. The standard InChI is InChI=1S/C34H33N7O3/c1-40(2)20-23-10-12-28-25(16-23)19-37-31(38-28)30-26-11-9-22(17-29(26)39-33(30)43)6-4-14-36-32(42)27-8-5-15-41(34(27)44)21-24-7-3-13-35-18-24/h3-13,15-18,37-38H,14,19-21H2,1-2H3,(H,36,42)(H,39,43). The van der Waals surface area contributed by atoms with Gasteiger partial charge in [-0.1, -0.05) is 42.5 Å². The molecule has 0 atom stereocenters. The minimum absolute atomic E-state index is 0.0761. The van der Waals surface area contributed by atoms with Crippen LogP contribution < -0.4 is 26.8 Å². The van der Waals surface area contributed by atoms with Crippen LogP contribution in [0.25, 0.3) is 11.6 Å². The number of pyridine rings is 2. The Hall–Kier alpha value is -5.48. The molecule has 2 aromatic heterocycles. The SMILES string of the molecule is CN(C)Cc1ccc2c(c1)CNC(=C1C(=O)Nc3cc(C=CCNC(=O)c4cccn(Cc5cccnc5)c4=O)ccc31)N2. The third kappa shape index (κ3) is 6.16. The number of aromatic nitrogens is 2. The second kappa shape index (κ2) is 12.4. The van der Waals surface area contributed by atoms with E-state index in [1.165, 1.54) is 16.2 Å². The first-order valence-electron chi connectivity index (χ1n) is 14.4. The third-order valence-corrected chi connectivity index (χ3v) is 7.45. The first-order chi connectivity index (χ1) is 21.4. The van der Waals surface area contributed by atoms with Crippen LogP contribution in [-0.2, 0) is 24.4 Å². The van der Waals surface area contributed by atoms with Gasteiger partial charge in [0.25, 0.3) is 17.4 Å². The Labute approximate surface area is 255 Å². The van der Waals surface area contributed by atoms with Gasteiger partial charge in [-0.2, -0.15) is 0 Å². The molecule has 4 N–H and O–H groups in total. The number of carbonyl (C=O) groups excluding carboxylic acids is 2. The van der Waals surface area contributed by atoms with E-state index in [0.29, 0.717) is 24.5 Å². The fourth-order valence-electron chi connectivity index (χ4n) is 5.40. The van der Waals surface area contributed by atoms with Gasteiger partial charge in [0.2, 0.25) is 0 Å². The molecule has 44 heavy (non-hydrogen) atoms. The summed E-state index contributed by atoms with van der Waals surface area (Å²) in [4.78, 5) is 44.8. The highest BCUT2D eigenvalue weighted by molar-refractivity contribution is 6.32. The Morgan fingerprint density at radius 1 is 1.02 bits per heavy atom. The Bertz CT molecular complexity index is 1860. The minimum Gasteiger partial charge on any atom is -0.367 e. The van der Waals surface area contributed by atoms with Gasteiger partial charge in [-0.25, -0.2) is 0 Å². The van der Waals surface area contributed by atoms with Gasteiger partial charge in [-0.05, 0) is 66.7 Å². The number of rotatable bonds is 8. The van der Waals surface area contributed by atoms with Crippen LogP contribution in [0.5, 0.6) is 0 Å². The first kappa shape index (κ1) is 28.6. The number of hydrogen-bond acceptors (Lipinski definition) is 7. The molecule has 10 nitrogen and oxygen atoms in total. The number of anilines is 2. The van der Waals surface area contributed by atoms with Gasteiger partial charge in [0.15, 0.2) is 0 Å². The van der Waals surface area contributed by atoms with Gasteiger partial charge in [-0.3, -0.25) is 19.4 Å². The van der Waals surface area contributed by atoms with Crippen LogP contribution in [0.4, 0.5) is 11.4 Å². The quantitative estimate of drug-likeness (QED) is 0.233. The van der Waals surface area contributed by atoms with E-state index in [0.717, 1.165) is 40.2 Å². The molecule has 4 aromatic rings. The summed E-state index contributed by atoms with van der Waals surface area (Å²) in [6.45, 7) is 2.05. The van der Waals surface area contributed by atoms with E-state index in [1.54, 1.807) is 36.8 Å². The molecular formula is C34H33N7O3. The molecule has 0 saturated carbocycles. The van der Waals surface area contributed by atoms with E-state index in [-0.39, 0.29) is 23.6 Å². The highest BCUT2D eigenvalue weighted by atomic mass is 16.2. The number of nitrogens with one attached hydrogen (secondary N) is 4. The van der Waals surface area contributed by atoms with E-state index < -0.39 is 5.91 Å². The van der Waals surface area contributed by atoms with Gasteiger partial charge in [0, 0.05) is 55.2 Å². The Morgan fingerprint density at radius 2 is 1.91 bits per heavy atom. The molecule has 0 saturated heterocycles. The zero-order valence-corrected chi connectivity index (χ0v) is 24.6. The minimum atomic E-state index is -0.444. The largest absolute Gasteiger partial charge is 0.367 e. The third-order valence-electron chi connectivity index (χ3n) is 7.45. The molecule has 0 radical (unpaired) electrons. The maximum Gasteiger partial charge on any atom is 0.263 e. The average Bonchev–Trinajstić information content (AvgIpc) is 3.35. The van der Waals surface area contributed by atoms with Crippen molar-refractivity contribution >= 4 is 34.8 Å². The van der Waals surface area contributed by atoms with Gasteiger partial charge < -0.3 is 30.7 Å². The van der Waals surface area contributed by atoms with Crippen LogP contribution in [0.15, 0.2) is 95.9 Å². The molecule has 2 aliphatic heterocycles. The number of amides is 2. The van der Waals surface area contributed by atoms with Crippen molar-refractivity contribution in [2.24, 2.45) is 0 Å². The monoisotopic (exact) mass is 587 g/mol. The first-order valence-corrected chi connectivity index (χ1v) is 14.4. The molecule has 2 aliphatic rings. The maximum absolute atomic E-state index is 13.0. The zero-order chi connectivity index (χ0) is 30.6. The number of benzene rings is 2. The van der Waals surface area contributed by atoms with Crippen LogP contribution >= 0.6 is 0 Å². The molecule has 0 spiro atoms. The van der Waals surface area contributed by atoms with Crippen LogP contribution in [0.2, 0.25) is 0 Å². The highest BCUT2D eigenvalue weighted by Gasteiger charge is 2.29. The Balaban J connectivity index is 1.10. The van der Waals surface area contributed by atoms with Crippen LogP contribution in [0, 0.1) is 0 Å². The molecule has 0 fully saturated rings. The predicted molar refractivity (Wildman–Crippen MR) is 172 cm³/mol. The molecule has 0 unspecified atom stereocenters. The lowest BCUT2D eigenvalue weighted by Crippen LogP contribution is -2.33. The molecule has 2 aromatic carbocycles. The summed E-state index contributed by atoms with van der Waals surface area (Å²) in [5.74, 6) is 0.0642. The fourth-order valence-corrected chi connectivity index (χ4v) is 5.40. The van der Waals surface area contributed by atoms with Gasteiger partial charge in [-0.15, -0.1) is 0 Å². The van der Waals surface area contributed by atoms with E-state index in [2.05, 4.69) is 49.4 Å². The molecular weight excluding hydrogens is 554 g/mol. The smallest absolute Gasteiger partial charge is 0.263 e. The van der Waals surface area contributed by atoms with Crippen molar-refractivity contribution in [2.75, 3.05) is 31.3 Å². The number of nitrogens with zero attached hydrogens (tertiary/aromatic N) is 3. The maximum atomic E-state index is 13.0. The van der Waals surface area contributed by atoms with Crippen LogP contribution in [0.3, 0.4) is 0 Å². The summed E-state index contributed by atoms with van der Waals surface area (Å²) in [7, 11) is 4.09. The van der Waals surface area contributed by atoms with Crippen molar-refractivity contribution in [1.82, 2.24) is 25.1 Å². The average molecular weight is 588 g/mol. The topological polar surface area (TPSA) is 120 Å². The second-order valence-corrected chi connectivity index (χ2v) is 11.0.